The summed E-state index contributed by atoms with van der Waals surface area (Å²) in [6, 6.07) is 14.2. The summed E-state index contributed by atoms with van der Waals surface area (Å²) in [6.07, 6.45) is 3.41. The molecule has 3 saturated heterocycles. The van der Waals surface area contributed by atoms with E-state index in [9.17, 15) is 24.3 Å². The minimum Gasteiger partial charge on any atom is -0.497 e. The Hall–Kier alpha value is -4.48. The Kier molecular flexibility index (Phi) is 10.5. The van der Waals surface area contributed by atoms with Crippen molar-refractivity contribution in [3.05, 3.63) is 85.5 Å². The molecule has 250 valence electrons. The Labute approximate surface area is 275 Å². The van der Waals surface area contributed by atoms with E-state index in [1.54, 1.807) is 62.6 Å². The zero-order valence-corrected chi connectivity index (χ0v) is 26.9. The van der Waals surface area contributed by atoms with Gasteiger partial charge in [0.05, 0.1) is 44.2 Å². The van der Waals surface area contributed by atoms with Crippen LogP contribution in [-0.4, -0.2) is 84.3 Å². The summed E-state index contributed by atoms with van der Waals surface area (Å²) in [5, 5.41) is 13.1. The number of esters is 1. The number of benzene rings is 2. The summed E-state index contributed by atoms with van der Waals surface area (Å²) in [5.74, 6) is -3.01. The molecule has 0 aromatic heterocycles. The van der Waals surface area contributed by atoms with Gasteiger partial charge >= 0.3 is 5.97 Å². The summed E-state index contributed by atoms with van der Waals surface area (Å²) in [4.78, 5) is 58.3. The van der Waals surface area contributed by atoms with E-state index in [-0.39, 0.29) is 32.0 Å². The van der Waals surface area contributed by atoms with E-state index in [0.29, 0.717) is 36.3 Å². The molecule has 7 atom stereocenters. The highest BCUT2D eigenvalue weighted by atomic mass is 16.6. The number of aliphatic hydroxyl groups excluding tert-OH is 1. The second-order valence-electron chi connectivity index (χ2n) is 12.2. The molecule has 3 aliphatic heterocycles. The zero-order chi connectivity index (χ0) is 33.7. The van der Waals surface area contributed by atoms with Gasteiger partial charge in [-0.2, -0.15) is 0 Å². The third-order valence-corrected chi connectivity index (χ3v) is 9.43. The van der Waals surface area contributed by atoms with Crippen LogP contribution in [0.2, 0.25) is 0 Å². The van der Waals surface area contributed by atoms with Gasteiger partial charge in [-0.15, -0.1) is 13.2 Å². The molecule has 1 spiro atoms. The number of nitrogens with zero attached hydrogens (tertiary/aromatic N) is 2. The highest BCUT2D eigenvalue weighted by Crippen LogP contribution is 2.59. The molecule has 11 nitrogen and oxygen atoms in total. The van der Waals surface area contributed by atoms with Gasteiger partial charge in [-0.05, 0) is 56.0 Å². The number of carbonyl (C=O) groups is 4. The number of carbonyl (C=O) groups excluding carboxylic acids is 4. The fourth-order valence-corrected chi connectivity index (χ4v) is 7.20. The summed E-state index contributed by atoms with van der Waals surface area (Å²) >= 11 is 0. The molecule has 2 aromatic rings. The highest BCUT2D eigenvalue weighted by molar-refractivity contribution is 6.04. The van der Waals surface area contributed by atoms with Crippen LogP contribution in [0.25, 0.3) is 0 Å². The molecular weight excluding hydrogens is 602 g/mol. The number of aliphatic hydroxyl groups is 1. The van der Waals surface area contributed by atoms with Crippen LogP contribution in [0.5, 0.6) is 5.75 Å². The van der Waals surface area contributed by atoms with Crippen molar-refractivity contribution in [2.45, 2.75) is 62.5 Å². The molecule has 47 heavy (non-hydrogen) atoms. The topological polar surface area (TPSA) is 135 Å². The molecule has 0 unspecified atom stereocenters. The van der Waals surface area contributed by atoms with Crippen LogP contribution < -0.4 is 15.0 Å². The fourth-order valence-electron chi connectivity index (χ4n) is 7.20. The lowest BCUT2D eigenvalue weighted by atomic mass is 9.70. The Morgan fingerprint density at radius 1 is 1.15 bits per heavy atom. The number of methoxy groups -OCH3 is 1. The fraction of sp³-hybridized carbons (Fsp3) is 0.444. The van der Waals surface area contributed by atoms with E-state index < -0.39 is 59.5 Å². The maximum Gasteiger partial charge on any atom is 0.313 e. The lowest BCUT2D eigenvalue weighted by Gasteiger charge is -2.38. The van der Waals surface area contributed by atoms with Gasteiger partial charge in [-0.1, -0.05) is 42.5 Å². The lowest BCUT2D eigenvalue weighted by molar-refractivity contribution is -0.161. The number of amides is 3. The first-order chi connectivity index (χ1) is 22.7. The molecule has 2 bridgehead atoms. The molecule has 3 amide bonds. The standard InChI is InChI=1S/C36H43N3O8/c1-5-7-13-29(41)37-21-28(24-11-9-8-10-12-24)46-35(44)30-27-18-19-36(47-27)31(30)33(42)39(23(3)22-40)32(36)34(43)38(20-6-2)25-14-16-26(45-4)17-15-25/h5-6,8-12,14-17,23,27-28,30-32,40H,1-2,7,13,18-22H2,3-4H3,(H,37,41)/t23-,27-,28-,30+,31+,32-,36+/m1/s1. The first-order valence-corrected chi connectivity index (χ1v) is 16.0. The number of anilines is 1. The van der Waals surface area contributed by atoms with Crippen molar-refractivity contribution in [3.63, 3.8) is 0 Å². The Bertz CT molecular complexity index is 1480. The summed E-state index contributed by atoms with van der Waals surface area (Å²) in [7, 11) is 1.55. The van der Waals surface area contributed by atoms with Gasteiger partial charge < -0.3 is 34.4 Å². The summed E-state index contributed by atoms with van der Waals surface area (Å²) < 4.78 is 17.9. The van der Waals surface area contributed by atoms with Crippen molar-refractivity contribution >= 4 is 29.4 Å². The average Bonchev–Trinajstić information content (AvgIpc) is 3.75. The second-order valence-corrected chi connectivity index (χ2v) is 12.2. The molecule has 0 aliphatic carbocycles. The van der Waals surface area contributed by atoms with Crippen LogP contribution >= 0.6 is 0 Å². The van der Waals surface area contributed by atoms with Crippen molar-refractivity contribution in [1.29, 1.82) is 0 Å². The predicted molar refractivity (Wildman–Crippen MR) is 174 cm³/mol. The molecule has 3 aliphatic rings. The molecule has 3 heterocycles. The number of hydrogen-bond donors (Lipinski definition) is 2. The number of ether oxygens (including phenoxy) is 3. The van der Waals surface area contributed by atoms with E-state index in [0.717, 1.165) is 0 Å². The van der Waals surface area contributed by atoms with Crippen molar-refractivity contribution in [3.8, 4) is 5.75 Å². The number of nitrogens with one attached hydrogen (secondary N) is 1. The van der Waals surface area contributed by atoms with E-state index in [2.05, 4.69) is 18.5 Å². The Morgan fingerprint density at radius 3 is 2.51 bits per heavy atom. The van der Waals surface area contributed by atoms with Crippen molar-refractivity contribution in [1.82, 2.24) is 10.2 Å². The Morgan fingerprint density at radius 2 is 1.87 bits per heavy atom. The predicted octanol–water partition coefficient (Wildman–Crippen LogP) is 3.34. The normalized spacial score (nSPS) is 25.4. The van der Waals surface area contributed by atoms with Crippen LogP contribution in [0.15, 0.2) is 79.9 Å². The molecular formula is C36H43N3O8. The average molecular weight is 646 g/mol. The van der Waals surface area contributed by atoms with Gasteiger partial charge in [-0.3, -0.25) is 19.2 Å². The van der Waals surface area contributed by atoms with Gasteiger partial charge in [-0.25, -0.2) is 0 Å². The highest BCUT2D eigenvalue weighted by Gasteiger charge is 2.75. The first-order valence-electron chi connectivity index (χ1n) is 16.0. The van der Waals surface area contributed by atoms with Crippen molar-refractivity contribution in [2.75, 3.05) is 31.7 Å². The Balaban J connectivity index is 1.45. The second kappa shape index (κ2) is 14.5. The SMILES string of the molecule is C=CCCC(=O)NC[C@@H](OC(=O)[C@@H]1[C@H]2C(=O)N([C@H](C)CO)[C@H](C(=O)N(CC=C)c3ccc(OC)cc3)[C@]23CC[C@H]1O3)c1ccccc1. The molecule has 0 radical (unpaired) electrons. The van der Waals surface area contributed by atoms with Crippen molar-refractivity contribution in [2.24, 2.45) is 11.8 Å². The minimum atomic E-state index is -1.29. The number of allylic oxidation sites excluding steroid dienone is 1. The smallest absolute Gasteiger partial charge is 0.313 e. The van der Waals surface area contributed by atoms with Crippen LogP contribution in [0.4, 0.5) is 5.69 Å². The van der Waals surface area contributed by atoms with Crippen LogP contribution in [0.3, 0.4) is 0 Å². The maximum atomic E-state index is 14.6. The number of fused-ring (bicyclic) bond motifs is 1. The minimum absolute atomic E-state index is 0.0425. The van der Waals surface area contributed by atoms with Gasteiger partial charge in [0.2, 0.25) is 11.8 Å². The monoisotopic (exact) mass is 645 g/mol. The quantitative estimate of drug-likeness (QED) is 0.223. The third-order valence-electron chi connectivity index (χ3n) is 9.43. The molecule has 11 heteroatoms. The number of rotatable bonds is 15. The maximum absolute atomic E-state index is 14.6. The third kappa shape index (κ3) is 6.42. The van der Waals surface area contributed by atoms with E-state index in [1.165, 1.54) is 9.80 Å². The van der Waals surface area contributed by atoms with Gasteiger partial charge in [0.1, 0.15) is 23.5 Å². The lowest BCUT2D eigenvalue weighted by Crippen LogP contribution is -2.58. The number of hydrogen-bond acceptors (Lipinski definition) is 8. The van der Waals surface area contributed by atoms with Crippen LogP contribution in [0, 0.1) is 11.8 Å². The van der Waals surface area contributed by atoms with E-state index >= 15 is 0 Å². The number of likely N-dealkylation sites (tertiary alicyclic amines) is 1. The van der Waals surface area contributed by atoms with Crippen LogP contribution in [0.1, 0.15) is 44.3 Å². The van der Waals surface area contributed by atoms with E-state index in [1.807, 2.05) is 18.2 Å². The van der Waals surface area contributed by atoms with E-state index in [4.69, 9.17) is 14.2 Å². The zero-order valence-electron chi connectivity index (χ0n) is 26.9. The van der Waals surface area contributed by atoms with Crippen molar-refractivity contribution < 1.29 is 38.5 Å². The molecule has 0 saturated carbocycles. The largest absolute Gasteiger partial charge is 0.497 e. The van der Waals surface area contributed by atoms with Gasteiger partial charge in [0.15, 0.2) is 0 Å². The molecule has 2 aromatic carbocycles. The van der Waals surface area contributed by atoms with Crippen LogP contribution in [-0.2, 0) is 28.7 Å². The molecule has 2 N–H and O–H groups in total. The van der Waals surface area contributed by atoms with Gasteiger partial charge in [0, 0.05) is 18.7 Å². The molecule has 3 fully saturated rings. The summed E-state index contributed by atoms with van der Waals surface area (Å²) in [6.45, 7) is 8.96. The van der Waals surface area contributed by atoms with Gasteiger partial charge in [0.25, 0.3) is 5.91 Å². The summed E-state index contributed by atoms with van der Waals surface area (Å²) in [5.41, 5.74) is -0.0348. The molecule has 5 rings (SSSR count). The first kappa shape index (κ1) is 33.9.